The van der Waals surface area contributed by atoms with E-state index in [1.807, 2.05) is 18.2 Å². The van der Waals surface area contributed by atoms with E-state index < -0.39 is 0 Å². The molecule has 21 heavy (non-hydrogen) atoms. The average Bonchev–Trinajstić information content (AvgIpc) is 2.50. The lowest BCUT2D eigenvalue weighted by Gasteiger charge is -2.15. The topological polar surface area (TPSA) is 54.9 Å². The summed E-state index contributed by atoms with van der Waals surface area (Å²) in [6.07, 6.45) is 2.08. The lowest BCUT2D eigenvalue weighted by atomic mass is 10.2. The molecule has 0 fully saturated rings. The lowest BCUT2D eigenvalue weighted by molar-refractivity contribution is 0.351. The average molecular weight is 425 g/mol. The van der Waals surface area contributed by atoms with Crippen LogP contribution in [0.4, 0.5) is 0 Å². The molecule has 0 radical (unpaired) electrons. The molecule has 7 heteroatoms. The van der Waals surface area contributed by atoms with Crippen molar-refractivity contribution in [1.29, 1.82) is 0 Å². The molecule has 0 aliphatic rings. The Morgan fingerprint density at radius 2 is 2.00 bits per heavy atom. The number of rotatable bonds is 7. The van der Waals surface area contributed by atoms with Gasteiger partial charge in [0.25, 0.3) is 0 Å². The molecule has 0 bridgehead atoms. The van der Waals surface area contributed by atoms with Crippen molar-refractivity contribution in [3.63, 3.8) is 0 Å². The zero-order valence-electron chi connectivity index (χ0n) is 12.9. The Bertz CT molecular complexity index is 444. The summed E-state index contributed by atoms with van der Waals surface area (Å²) in [7, 11) is 5.04. The summed E-state index contributed by atoms with van der Waals surface area (Å²) in [6.45, 7) is 1.51. The van der Waals surface area contributed by atoms with Crippen molar-refractivity contribution >= 4 is 41.7 Å². The summed E-state index contributed by atoms with van der Waals surface area (Å²) in [5.41, 5.74) is 1.03. The zero-order valence-corrected chi connectivity index (χ0v) is 16.1. The van der Waals surface area contributed by atoms with Gasteiger partial charge in [-0.25, -0.2) is 0 Å². The highest BCUT2D eigenvalue weighted by Crippen LogP contribution is 2.30. The summed E-state index contributed by atoms with van der Waals surface area (Å²) in [4.78, 5) is 4.19. The van der Waals surface area contributed by atoms with Crippen LogP contribution in [0.15, 0.2) is 23.2 Å². The molecule has 0 unspecified atom stereocenters. The normalized spacial score (nSPS) is 10.6. The molecule has 1 aromatic rings. The first-order valence-electron chi connectivity index (χ1n) is 6.40. The predicted molar refractivity (Wildman–Crippen MR) is 102 cm³/mol. The third-order valence-corrected chi connectivity index (χ3v) is 3.37. The molecule has 2 N–H and O–H groups in total. The van der Waals surface area contributed by atoms with E-state index in [1.165, 1.54) is 0 Å². The second kappa shape index (κ2) is 11.8. The molecule has 1 aromatic carbocycles. The molecule has 120 valence electrons. The second-order valence-electron chi connectivity index (χ2n) is 4.00. The Hall–Kier alpha value is -0.830. The van der Waals surface area contributed by atoms with E-state index in [2.05, 4.69) is 21.9 Å². The van der Waals surface area contributed by atoms with Crippen molar-refractivity contribution < 1.29 is 9.47 Å². The quantitative estimate of drug-likeness (QED) is 0.304. The number of aliphatic imine (C=N–C) groups is 1. The van der Waals surface area contributed by atoms with Gasteiger partial charge in [0.05, 0.1) is 14.2 Å². The van der Waals surface area contributed by atoms with Gasteiger partial charge in [-0.15, -0.1) is 24.0 Å². The maximum Gasteiger partial charge on any atom is 0.191 e. The molecule has 0 spiro atoms. The van der Waals surface area contributed by atoms with Crippen LogP contribution in [0.25, 0.3) is 0 Å². The van der Waals surface area contributed by atoms with E-state index in [4.69, 9.17) is 9.47 Å². The molecule has 5 nitrogen and oxygen atoms in total. The van der Waals surface area contributed by atoms with Crippen LogP contribution in [0.2, 0.25) is 0 Å². The standard InChI is InChI=1S/C14H23N3O2S.HI/c1-15-14(16-8-9-20-4)17-10-11-6-5-7-12(18-2)13(11)19-3;/h5-7H,8-10H2,1-4H3,(H2,15,16,17);1H. The van der Waals surface area contributed by atoms with Gasteiger partial charge in [0.2, 0.25) is 0 Å². The number of methoxy groups -OCH3 is 2. The number of halogens is 1. The summed E-state index contributed by atoms with van der Waals surface area (Å²) in [6, 6.07) is 5.83. The summed E-state index contributed by atoms with van der Waals surface area (Å²) < 4.78 is 10.7. The fraction of sp³-hybridized carbons (Fsp3) is 0.500. The molecule has 0 amide bonds. The first-order chi connectivity index (χ1) is 9.76. The van der Waals surface area contributed by atoms with E-state index in [0.717, 1.165) is 35.3 Å². The fourth-order valence-electron chi connectivity index (χ4n) is 1.76. The molecule has 0 saturated carbocycles. The smallest absolute Gasteiger partial charge is 0.191 e. The van der Waals surface area contributed by atoms with Crippen LogP contribution >= 0.6 is 35.7 Å². The van der Waals surface area contributed by atoms with Gasteiger partial charge in [0, 0.05) is 31.5 Å². The van der Waals surface area contributed by atoms with Crippen LogP contribution in [0.5, 0.6) is 11.5 Å². The van der Waals surface area contributed by atoms with Crippen molar-refractivity contribution in [2.75, 3.05) is 39.8 Å². The Morgan fingerprint density at radius 1 is 1.24 bits per heavy atom. The number of hydrogen-bond donors (Lipinski definition) is 2. The van der Waals surface area contributed by atoms with E-state index >= 15 is 0 Å². The third kappa shape index (κ3) is 6.64. The number of ether oxygens (including phenoxy) is 2. The zero-order chi connectivity index (χ0) is 14.8. The van der Waals surface area contributed by atoms with Crippen LogP contribution in [-0.4, -0.2) is 45.8 Å². The maximum atomic E-state index is 5.40. The first kappa shape index (κ1) is 20.2. The largest absolute Gasteiger partial charge is 0.493 e. The molecule has 0 atom stereocenters. The highest BCUT2D eigenvalue weighted by atomic mass is 127. The van der Waals surface area contributed by atoms with E-state index in [1.54, 1.807) is 33.0 Å². The van der Waals surface area contributed by atoms with Crippen molar-refractivity contribution in [1.82, 2.24) is 10.6 Å². The number of thioether (sulfide) groups is 1. The molecule has 0 aliphatic heterocycles. The fourth-order valence-corrected chi connectivity index (χ4v) is 2.07. The third-order valence-electron chi connectivity index (χ3n) is 2.75. The number of para-hydroxylation sites is 1. The van der Waals surface area contributed by atoms with E-state index in [0.29, 0.717) is 6.54 Å². The van der Waals surface area contributed by atoms with E-state index in [-0.39, 0.29) is 24.0 Å². The molecule has 0 aromatic heterocycles. The Morgan fingerprint density at radius 3 is 2.57 bits per heavy atom. The Kier molecular flexibility index (Phi) is 11.3. The highest BCUT2D eigenvalue weighted by molar-refractivity contribution is 14.0. The van der Waals surface area contributed by atoms with Crippen molar-refractivity contribution in [3.8, 4) is 11.5 Å². The summed E-state index contributed by atoms with van der Waals surface area (Å²) >= 11 is 1.80. The maximum absolute atomic E-state index is 5.40. The molecule has 0 saturated heterocycles. The molecule has 0 aliphatic carbocycles. The number of nitrogens with zero attached hydrogens (tertiary/aromatic N) is 1. The van der Waals surface area contributed by atoms with Gasteiger partial charge in [0.15, 0.2) is 17.5 Å². The minimum atomic E-state index is 0. The monoisotopic (exact) mass is 425 g/mol. The summed E-state index contributed by atoms with van der Waals surface area (Å²) in [5, 5.41) is 6.52. The van der Waals surface area contributed by atoms with Gasteiger partial charge in [-0.2, -0.15) is 11.8 Å². The van der Waals surface area contributed by atoms with Crippen LogP contribution in [-0.2, 0) is 6.54 Å². The predicted octanol–water partition coefficient (Wildman–Crippen LogP) is 2.35. The van der Waals surface area contributed by atoms with Crippen molar-refractivity contribution in [2.24, 2.45) is 4.99 Å². The molecule has 0 heterocycles. The molecular formula is C14H24IN3O2S. The number of nitrogens with one attached hydrogen (secondary N) is 2. The van der Waals surface area contributed by atoms with Gasteiger partial charge in [-0.05, 0) is 12.3 Å². The van der Waals surface area contributed by atoms with Crippen molar-refractivity contribution in [2.45, 2.75) is 6.54 Å². The van der Waals surface area contributed by atoms with Gasteiger partial charge >= 0.3 is 0 Å². The molecular weight excluding hydrogens is 401 g/mol. The summed E-state index contributed by atoms with van der Waals surface area (Å²) in [5.74, 6) is 3.31. The van der Waals surface area contributed by atoms with Crippen LogP contribution in [0.1, 0.15) is 5.56 Å². The van der Waals surface area contributed by atoms with Crippen LogP contribution < -0.4 is 20.1 Å². The highest BCUT2D eigenvalue weighted by Gasteiger charge is 2.09. The van der Waals surface area contributed by atoms with E-state index in [9.17, 15) is 0 Å². The number of benzene rings is 1. The SMILES string of the molecule is CN=C(NCCSC)NCc1cccc(OC)c1OC.I. The minimum absolute atomic E-state index is 0. The lowest BCUT2D eigenvalue weighted by Crippen LogP contribution is -2.38. The van der Waals surface area contributed by atoms with Crippen LogP contribution in [0.3, 0.4) is 0 Å². The van der Waals surface area contributed by atoms with Gasteiger partial charge < -0.3 is 20.1 Å². The van der Waals surface area contributed by atoms with Crippen LogP contribution in [0, 0.1) is 0 Å². The van der Waals surface area contributed by atoms with Crippen molar-refractivity contribution in [3.05, 3.63) is 23.8 Å². The number of hydrogen-bond acceptors (Lipinski definition) is 4. The van der Waals surface area contributed by atoms with Gasteiger partial charge in [0.1, 0.15) is 0 Å². The second-order valence-corrected chi connectivity index (χ2v) is 4.98. The van der Waals surface area contributed by atoms with Gasteiger partial charge in [-0.1, -0.05) is 12.1 Å². The first-order valence-corrected chi connectivity index (χ1v) is 7.79. The Balaban J connectivity index is 0.00000400. The minimum Gasteiger partial charge on any atom is -0.493 e. The molecule has 1 rings (SSSR count). The number of guanidine groups is 1. The Labute approximate surface area is 148 Å². The van der Waals surface area contributed by atoms with Gasteiger partial charge in [-0.3, -0.25) is 4.99 Å².